The molecule has 80 valence electrons. The van der Waals surface area contributed by atoms with Gasteiger partial charge in [-0.05, 0) is 22.0 Å². The van der Waals surface area contributed by atoms with Crippen LogP contribution in [0.25, 0.3) is 0 Å². The van der Waals surface area contributed by atoms with Gasteiger partial charge < -0.3 is 5.11 Å². The second kappa shape index (κ2) is 4.24. The fraction of sp³-hybridized carbons (Fsp3) is 0.444. The smallest absolute Gasteiger partial charge is 0.233 e. The van der Waals surface area contributed by atoms with Gasteiger partial charge in [0.2, 0.25) is 11.9 Å². The lowest BCUT2D eigenvalue weighted by Gasteiger charge is -2.13. The number of halogens is 1. The van der Waals surface area contributed by atoms with Gasteiger partial charge in [0.05, 0.1) is 0 Å². The maximum absolute atomic E-state index is 11.6. The largest absolute Gasteiger partial charge is 0.396 e. The molecule has 0 aromatic carbocycles. The molecule has 0 spiro atoms. The molecule has 0 radical (unpaired) electrons. The minimum atomic E-state index is -0.0350. The summed E-state index contributed by atoms with van der Waals surface area (Å²) >= 11 is 3.22. The van der Waals surface area contributed by atoms with E-state index in [-0.39, 0.29) is 18.4 Å². The molecule has 1 aliphatic heterocycles. The van der Waals surface area contributed by atoms with Crippen molar-refractivity contribution < 1.29 is 9.90 Å². The molecule has 2 rings (SSSR count). The Morgan fingerprint density at radius 3 is 3.07 bits per heavy atom. The van der Waals surface area contributed by atoms with Crippen molar-refractivity contribution in [2.24, 2.45) is 5.92 Å². The number of hydrogen-bond acceptors (Lipinski definition) is 4. The molecule has 1 aliphatic rings. The molecule has 1 amide bonds. The number of aromatic nitrogens is 2. The van der Waals surface area contributed by atoms with Gasteiger partial charge in [0.1, 0.15) is 4.60 Å². The first kappa shape index (κ1) is 10.5. The summed E-state index contributed by atoms with van der Waals surface area (Å²) in [6, 6.07) is 1.70. The summed E-state index contributed by atoms with van der Waals surface area (Å²) in [6.45, 7) is 0.516. The number of aliphatic hydroxyl groups is 1. The van der Waals surface area contributed by atoms with E-state index >= 15 is 0 Å². The standard InChI is InChI=1S/C9H10BrN3O2/c10-7-1-2-11-9(12-7)13-4-6(5-14)3-8(13)15/h1-2,6,14H,3-5H2. The highest BCUT2D eigenvalue weighted by Crippen LogP contribution is 2.22. The van der Waals surface area contributed by atoms with E-state index in [0.29, 0.717) is 23.5 Å². The molecule has 15 heavy (non-hydrogen) atoms. The highest BCUT2D eigenvalue weighted by Gasteiger charge is 2.31. The lowest BCUT2D eigenvalue weighted by atomic mass is 10.1. The summed E-state index contributed by atoms with van der Waals surface area (Å²) in [6.07, 6.45) is 1.96. The zero-order chi connectivity index (χ0) is 10.8. The van der Waals surface area contributed by atoms with Gasteiger partial charge >= 0.3 is 0 Å². The number of anilines is 1. The highest BCUT2D eigenvalue weighted by molar-refractivity contribution is 9.10. The predicted molar refractivity (Wildman–Crippen MR) is 57.3 cm³/mol. The molecule has 0 saturated carbocycles. The minimum Gasteiger partial charge on any atom is -0.396 e. The Labute approximate surface area is 95.3 Å². The van der Waals surface area contributed by atoms with E-state index in [1.54, 1.807) is 12.3 Å². The average Bonchev–Trinajstić information content (AvgIpc) is 2.60. The molecule has 1 fully saturated rings. The third-order valence-electron chi connectivity index (χ3n) is 2.31. The Morgan fingerprint density at radius 2 is 2.47 bits per heavy atom. The molecule has 5 nitrogen and oxygen atoms in total. The number of amides is 1. The van der Waals surface area contributed by atoms with Crippen molar-refractivity contribution in [2.75, 3.05) is 18.1 Å². The van der Waals surface area contributed by atoms with E-state index in [2.05, 4.69) is 25.9 Å². The maximum atomic E-state index is 11.6. The van der Waals surface area contributed by atoms with Crippen molar-refractivity contribution in [1.29, 1.82) is 0 Å². The zero-order valence-electron chi connectivity index (χ0n) is 7.93. The summed E-state index contributed by atoms with van der Waals surface area (Å²) in [5, 5.41) is 8.97. The topological polar surface area (TPSA) is 66.3 Å². The molecule has 6 heteroatoms. The van der Waals surface area contributed by atoms with E-state index in [1.165, 1.54) is 4.90 Å². The number of aliphatic hydroxyl groups excluding tert-OH is 1. The van der Waals surface area contributed by atoms with Crippen LogP contribution in [0.4, 0.5) is 5.95 Å². The van der Waals surface area contributed by atoms with E-state index < -0.39 is 0 Å². The van der Waals surface area contributed by atoms with Crippen LogP contribution >= 0.6 is 15.9 Å². The van der Waals surface area contributed by atoms with Crippen LogP contribution in [0.2, 0.25) is 0 Å². The second-order valence-corrected chi connectivity index (χ2v) is 4.25. The van der Waals surface area contributed by atoms with Gasteiger partial charge in [-0.15, -0.1) is 0 Å². The summed E-state index contributed by atoms with van der Waals surface area (Å²) in [4.78, 5) is 21.2. The van der Waals surface area contributed by atoms with Gasteiger partial charge in [-0.25, -0.2) is 9.97 Å². The van der Waals surface area contributed by atoms with Gasteiger partial charge in [0.25, 0.3) is 0 Å². The van der Waals surface area contributed by atoms with Gasteiger partial charge in [-0.2, -0.15) is 0 Å². The fourth-order valence-electron chi connectivity index (χ4n) is 1.55. The number of hydrogen-bond donors (Lipinski definition) is 1. The summed E-state index contributed by atoms with van der Waals surface area (Å²) in [5.74, 6) is 0.359. The van der Waals surface area contributed by atoms with Crippen molar-refractivity contribution >= 4 is 27.8 Å². The number of carbonyl (C=O) groups is 1. The predicted octanol–water partition coefficient (Wildman–Crippen LogP) is 0.584. The lowest BCUT2D eigenvalue weighted by Crippen LogP contribution is -2.26. The highest BCUT2D eigenvalue weighted by atomic mass is 79.9. The maximum Gasteiger partial charge on any atom is 0.233 e. The fourth-order valence-corrected chi connectivity index (χ4v) is 1.83. The van der Waals surface area contributed by atoms with Gasteiger partial charge in [0.15, 0.2) is 0 Å². The Balaban J connectivity index is 2.21. The van der Waals surface area contributed by atoms with E-state index in [4.69, 9.17) is 5.11 Å². The SMILES string of the molecule is O=C1CC(CO)CN1c1nccc(Br)n1. The number of rotatable bonds is 2. The van der Waals surface area contributed by atoms with E-state index in [0.717, 1.165) is 0 Å². The molecule has 0 aliphatic carbocycles. The molecule has 1 N–H and O–H groups in total. The second-order valence-electron chi connectivity index (χ2n) is 3.44. The Morgan fingerprint density at radius 1 is 1.67 bits per heavy atom. The van der Waals surface area contributed by atoms with E-state index in [1.807, 2.05) is 0 Å². The summed E-state index contributed by atoms with van der Waals surface area (Å²) in [5.41, 5.74) is 0. The van der Waals surface area contributed by atoms with Crippen LogP contribution in [0.15, 0.2) is 16.9 Å². The van der Waals surface area contributed by atoms with Crippen LogP contribution in [-0.4, -0.2) is 34.1 Å². The first-order chi connectivity index (χ1) is 7.20. The quantitative estimate of drug-likeness (QED) is 0.800. The molecular formula is C9H10BrN3O2. The van der Waals surface area contributed by atoms with Crippen molar-refractivity contribution in [3.63, 3.8) is 0 Å². The van der Waals surface area contributed by atoms with E-state index in [9.17, 15) is 4.79 Å². The lowest BCUT2D eigenvalue weighted by molar-refractivity contribution is -0.117. The summed E-state index contributed by atoms with van der Waals surface area (Å²) < 4.78 is 0.646. The molecule has 2 heterocycles. The average molecular weight is 272 g/mol. The van der Waals surface area contributed by atoms with Gasteiger partial charge in [-0.3, -0.25) is 9.69 Å². The van der Waals surface area contributed by atoms with Crippen LogP contribution in [-0.2, 0) is 4.79 Å². The van der Waals surface area contributed by atoms with Crippen LogP contribution in [0.3, 0.4) is 0 Å². The molecule has 1 aromatic heterocycles. The molecule has 1 saturated heterocycles. The third-order valence-corrected chi connectivity index (χ3v) is 2.76. The normalized spacial score (nSPS) is 21.1. The van der Waals surface area contributed by atoms with Gasteiger partial charge in [-0.1, -0.05) is 0 Å². The van der Waals surface area contributed by atoms with Crippen molar-refractivity contribution in [2.45, 2.75) is 6.42 Å². The van der Waals surface area contributed by atoms with Crippen LogP contribution < -0.4 is 4.90 Å². The first-order valence-electron chi connectivity index (χ1n) is 4.60. The van der Waals surface area contributed by atoms with Crippen molar-refractivity contribution in [3.05, 3.63) is 16.9 Å². The third kappa shape index (κ3) is 2.15. The molecule has 0 bridgehead atoms. The van der Waals surface area contributed by atoms with Crippen molar-refractivity contribution in [1.82, 2.24) is 9.97 Å². The van der Waals surface area contributed by atoms with Crippen LogP contribution in [0.5, 0.6) is 0 Å². The number of nitrogens with zero attached hydrogens (tertiary/aromatic N) is 3. The molecular weight excluding hydrogens is 262 g/mol. The monoisotopic (exact) mass is 271 g/mol. The molecule has 1 unspecified atom stereocenters. The van der Waals surface area contributed by atoms with Crippen molar-refractivity contribution in [3.8, 4) is 0 Å². The Kier molecular flexibility index (Phi) is 2.97. The molecule has 1 aromatic rings. The van der Waals surface area contributed by atoms with Crippen LogP contribution in [0, 0.1) is 5.92 Å². The molecule has 1 atom stereocenters. The first-order valence-corrected chi connectivity index (χ1v) is 5.40. The minimum absolute atomic E-state index is 0.0000756. The zero-order valence-corrected chi connectivity index (χ0v) is 9.51. The summed E-state index contributed by atoms with van der Waals surface area (Å²) in [7, 11) is 0. The Hall–Kier alpha value is -1.01. The number of carbonyl (C=O) groups excluding carboxylic acids is 1. The van der Waals surface area contributed by atoms with Crippen LogP contribution in [0.1, 0.15) is 6.42 Å². The van der Waals surface area contributed by atoms with Gasteiger partial charge in [0, 0.05) is 31.7 Å². The Bertz CT molecular complexity index is 385.